The summed E-state index contributed by atoms with van der Waals surface area (Å²) < 4.78 is 10.7. The van der Waals surface area contributed by atoms with Gasteiger partial charge in [0.25, 0.3) is 0 Å². The van der Waals surface area contributed by atoms with E-state index in [4.69, 9.17) is 9.47 Å². The zero-order chi connectivity index (χ0) is 13.3. The molecule has 0 spiro atoms. The third kappa shape index (κ3) is 2.24. The van der Waals surface area contributed by atoms with Gasteiger partial charge in [-0.15, -0.1) is 0 Å². The summed E-state index contributed by atoms with van der Waals surface area (Å²) in [6.45, 7) is 0. The van der Waals surface area contributed by atoms with Crippen molar-refractivity contribution in [1.82, 2.24) is 0 Å². The first kappa shape index (κ1) is 12.6. The van der Waals surface area contributed by atoms with Gasteiger partial charge in [0.1, 0.15) is 0 Å². The summed E-state index contributed by atoms with van der Waals surface area (Å²) in [6, 6.07) is 17.0. The van der Waals surface area contributed by atoms with Gasteiger partial charge in [0.15, 0.2) is 0 Å². The van der Waals surface area contributed by atoms with Crippen LogP contribution in [0.15, 0.2) is 48.5 Å². The molecule has 1 aliphatic heterocycles. The van der Waals surface area contributed by atoms with Crippen molar-refractivity contribution in [3.8, 4) is 11.5 Å². The van der Waals surface area contributed by atoms with Gasteiger partial charge in [-0.1, -0.05) is 0 Å². The molecule has 0 bridgehead atoms. The maximum atomic E-state index is 5.23. The third-order valence-electron chi connectivity index (χ3n) is 3.55. The van der Waals surface area contributed by atoms with E-state index in [0.29, 0.717) is 15.0 Å². The maximum absolute atomic E-state index is 5.23. The van der Waals surface area contributed by atoms with Gasteiger partial charge in [-0.2, -0.15) is 0 Å². The molecule has 1 heterocycles. The molecule has 3 heteroatoms. The molecule has 1 fully saturated rings. The molecule has 0 aromatic heterocycles. The van der Waals surface area contributed by atoms with Crippen molar-refractivity contribution >= 4 is 15.0 Å². The predicted octanol–water partition coefficient (Wildman–Crippen LogP) is 3.08. The Labute approximate surface area is 119 Å². The summed E-state index contributed by atoms with van der Waals surface area (Å²) in [4.78, 5) is 0. The first-order valence-corrected chi connectivity index (χ1v) is 8.28. The molecular formula is C16H16O2Se. The fourth-order valence-corrected chi connectivity index (χ4v) is 4.57. The quantitative estimate of drug-likeness (QED) is 0.807. The van der Waals surface area contributed by atoms with Gasteiger partial charge in [-0.3, -0.25) is 0 Å². The second-order valence-corrected chi connectivity index (χ2v) is 7.25. The molecule has 0 atom stereocenters. The van der Waals surface area contributed by atoms with Crippen molar-refractivity contribution in [2.45, 2.75) is 9.63 Å². The van der Waals surface area contributed by atoms with Crippen LogP contribution in [0.1, 0.15) is 11.1 Å². The van der Waals surface area contributed by atoms with Crippen LogP contribution in [0.5, 0.6) is 11.5 Å². The van der Waals surface area contributed by atoms with Gasteiger partial charge in [-0.25, -0.2) is 0 Å². The molecule has 0 unspecified atom stereocenters. The Bertz CT molecular complexity index is 507. The number of ether oxygens (including phenoxy) is 2. The van der Waals surface area contributed by atoms with Crippen molar-refractivity contribution in [3.05, 3.63) is 59.7 Å². The average Bonchev–Trinajstić information content (AvgIpc) is 3.29. The van der Waals surface area contributed by atoms with E-state index in [9.17, 15) is 0 Å². The van der Waals surface area contributed by atoms with E-state index in [1.807, 2.05) is 0 Å². The summed E-state index contributed by atoms with van der Waals surface area (Å²) in [7, 11) is 3.41. The van der Waals surface area contributed by atoms with Crippen LogP contribution in [0.25, 0.3) is 0 Å². The van der Waals surface area contributed by atoms with E-state index < -0.39 is 0 Å². The van der Waals surface area contributed by atoms with E-state index in [1.54, 1.807) is 14.2 Å². The topological polar surface area (TPSA) is 18.5 Å². The number of rotatable bonds is 4. The molecule has 0 amide bonds. The summed E-state index contributed by atoms with van der Waals surface area (Å²) in [5.74, 6) is 1.84. The Balaban J connectivity index is 1.92. The molecule has 0 aliphatic carbocycles. The molecule has 0 saturated carbocycles. The molecule has 2 nitrogen and oxygen atoms in total. The number of benzene rings is 2. The minimum absolute atomic E-state index is 0.269. The predicted molar refractivity (Wildman–Crippen MR) is 77.3 cm³/mol. The summed E-state index contributed by atoms with van der Waals surface area (Å²) in [5, 5.41) is 1.28. The van der Waals surface area contributed by atoms with Crippen molar-refractivity contribution in [2.75, 3.05) is 14.2 Å². The van der Waals surface area contributed by atoms with E-state index >= 15 is 0 Å². The Morgan fingerprint density at radius 3 is 1.42 bits per heavy atom. The first-order valence-electron chi connectivity index (χ1n) is 6.21. The molecule has 0 radical (unpaired) electrons. The Morgan fingerprint density at radius 1 is 0.789 bits per heavy atom. The Hall–Kier alpha value is -1.44. The van der Waals surface area contributed by atoms with Gasteiger partial charge in [0.2, 0.25) is 0 Å². The summed E-state index contributed by atoms with van der Waals surface area (Å²) in [6.07, 6.45) is 0. The van der Waals surface area contributed by atoms with Crippen LogP contribution >= 0.6 is 0 Å². The SMILES string of the molecule is COc1ccc(C2(c3ccc(OC)cc3)C[Se]2)cc1. The van der Waals surface area contributed by atoms with Crippen LogP contribution < -0.4 is 9.47 Å². The molecule has 0 N–H and O–H groups in total. The normalized spacial score (nSPS) is 15.9. The van der Waals surface area contributed by atoms with Crippen molar-refractivity contribution < 1.29 is 9.47 Å². The van der Waals surface area contributed by atoms with Crippen LogP contribution in [0.4, 0.5) is 0 Å². The van der Waals surface area contributed by atoms with Crippen LogP contribution in [0.2, 0.25) is 5.32 Å². The van der Waals surface area contributed by atoms with Crippen molar-refractivity contribution in [2.24, 2.45) is 0 Å². The molecule has 98 valence electrons. The molecule has 3 rings (SSSR count). The zero-order valence-electron chi connectivity index (χ0n) is 11.1. The van der Waals surface area contributed by atoms with E-state index in [0.717, 1.165) is 11.5 Å². The third-order valence-corrected chi connectivity index (χ3v) is 6.35. The van der Waals surface area contributed by atoms with Gasteiger partial charge in [0.05, 0.1) is 0 Å². The van der Waals surface area contributed by atoms with Crippen LogP contribution in [0.3, 0.4) is 0 Å². The Kier molecular flexibility index (Phi) is 3.26. The van der Waals surface area contributed by atoms with Gasteiger partial charge < -0.3 is 0 Å². The number of hydrogen-bond donors (Lipinski definition) is 0. The first-order chi connectivity index (χ1) is 9.28. The average molecular weight is 319 g/mol. The van der Waals surface area contributed by atoms with Crippen LogP contribution in [-0.4, -0.2) is 29.2 Å². The van der Waals surface area contributed by atoms with Crippen molar-refractivity contribution in [3.63, 3.8) is 0 Å². The number of methoxy groups -OCH3 is 2. The monoisotopic (exact) mass is 320 g/mol. The van der Waals surface area contributed by atoms with Crippen LogP contribution in [0, 0.1) is 0 Å². The van der Waals surface area contributed by atoms with Crippen molar-refractivity contribution in [1.29, 1.82) is 0 Å². The standard InChI is InChI=1S/C16H16O2Se/c1-17-14-7-3-12(4-8-14)16(11-19-16)13-5-9-15(18-2)10-6-13/h3-10H,11H2,1-2H3. The molecular weight excluding hydrogens is 303 g/mol. The minimum atomic E-state index is 0.269. The molecule has 1 saturated heterocycles. The van der Waals surface area contributed by atoms with Gasteiger partial charge in [-0.05, 0) is 0 Å². The fourth-order valence-electron chi connectivity index (χ4n) is 2.29. The summed E-state index contributed by atoms with van der Waals surface area (Å²) in [5.41, 5.74) is 2.80. The van der Waals surface area contributed by atoms with E-state index in [-0.39, 0.29) is 4.31 Å². The van der Waals surface area contributed by atoms with Gasteiger partial charge in [0, 0.05) is 0 Å². The second-order valence-electron chi connectivity index (χ2n) is 4.57. The van der Waals surface area contributed by atoms with E-state index in [2.05, 4.69) is 48.5 Å². The molecule has 19 heavy (non-hydrogen) atoms. The fraction of sp³-hybridized carbons (Fsp3) is 0.250. The number of hydrogen-bond acceptors (Lipinski definition) is 2. The Morgan fingerprint density at radius 2 is 1.16 bits per heavy atom. The summed E-state index contributed by atoms with van der Waals surface area (Å²) >= 11 is 0.649. The molecule has 1 aliphatic rings. The molecule has 2 aromatic carbocycles. The molecule has 2 aromatic rings. The zero-order valence-corrected chi connectivity index (χ0v) is 12.8. The second kappa shape index (κ2) is 4.92. The van der Waals surface area contributed by atoms with Gasteiger partial charge >= 0.3 is 119 Å². The van der Waals surface area contributed by atoms with E-state index in [1.165, 1.54) is 16.4 Å². The van der Waals surface area contributed by atoms with Crippen LogP contribution in [-0.2, 0) is 4.31 Å².